The average Bonchev–Trinajstić information content (AvgIpc) is 2.56. The van der Waals surface area contributed by atoms with Crippen LogP contribution in [0.1, 0.15) is 24.0 Å². The number of ether oxygens (including phenoxy) is 2. The van der Waals surface area contributed by atoms with E-state index >= 15 is 0 Å². The van der Waals surface area contributed by atoms with Gasteiger partial charge in [-0.3, -0.25) is 9.59 Å². The van der Waals surface area contributed by atoms with Crippen molar-refractivity contribution in [3.05, 3.63) is 66.8 Å². The Kier molecular flexibility index (Phi) is 7.97. The van der Waals surface area contributed by atoms with Crippen molar-refractivity contribution in [3.8, 4) is 0 Å². The fourth-order valence-corrected chi connectivity index (χ4v) is 3.14. The molecule has 0 heterocycles. The van der Waals surface area contributed by atoms with Crippen LogP contribution in [-0.2, 0) is 32.3 Å². The molecule has 0 aliphatic rings. The minimum Gasteiger partial charge on any atom is -0.461 e. The zero-order valence-corrected chi connectivity index (χ0v) is 17.2. The third-order valence-corrected chi connectivity index (χ3v) is 4.45. The summed E-state index contributed by atoms with van der Waals surface area (Å²) in [6.07, 6.45) is 0.0458. The maximum absolute atomic E-state index is 11.7. The highest BCUT2D eigenvalue weighted by Gasteiger charge is 2.10. The largest absolute Gasteiger partial charge is 0.461 e. The lowest BCUT2D eigenvalue weighted by Gasteiger charge is -2.07. The summed E-state index contributed by atoms with van der Waals surface area (Å²) in [4.78, 5) is 23.4. The molecule has 2 rings (SSSR count). The first kappa shape index (κ1) is 19.2. The maximum atomic E-state index is 11.7. The van der Waals surface area contributed by atoms with E-state index in [1.54, 1.807) is 0 Å². The highest BCUT2D eigenvalue weighted by Crippen LogP contribution is 2.11. The lowest BCUT2D eigenvalue weighted by molar-refractivity contribution is -0.151. The molecule has 126 valence electrons. The normalized spacial score (nSPS) is 10.2. The summed E-state index contributed by atoms with van der Waals surface area (Å²) in [6, 6.07) is 15.4. The van der Waals surface area contributed by atoms with E-state index in [0.717, 1.165) is 18.3 Å². The van der Waals surface area contributed by atoms with Crippen LogP contribution in [0.4, 0.5) is 0 Å². The second-order valence-electron chi connectivity index (χ2n) is 5.08. The zero-order chi connectivity index (χ0) is 17.4. The number of halogens is 2. The van der Waals surface area contributed by atoms with Crippen LogP contribution in [0, 0.1) is 7.14 Å². The third kappa shape index (κ3) is 7.16. The van der Waals surface area contributed by atoms with Gasteiger partial charge in [0.15, 0.2) is 0 Å². The first-order chi connectivity index (χ1) is 11.5. The molecule has 24 heavy (non-hydrogen) atoms. The van der Waals surface area contributed by atoms with Crippen molar-refractivity contribution in [2.24, 2.45) is 0 Å². The van der Waals surface area contributed by atoms with E-state index in [2.05, 4.69) is 45.2 Å². The summed E-state index contributed by atoms with van der Waals surface area (Å²) in [5.41, 5.74) is 1.85. The van der Waals surface area contributed by atoms with Crippen LogP contribution in [0.25, 0.3) is 0 Å². The Balaban J connectivity index is 1.66. The van der Waals surface area contributed by atoms with Gasteiger partial charge in [-0.05, 0) is 80.6 Å². The quantitative estimate of drug-likeness (QED) is 0.378. The number of benzene rings is 2. The fraction of sp³-hybridized carbons (Fsp3) is 0.222. The molecule has 0 aliphatic heterocycles. The summed E-state index contributed by atoms with van der Waals surface area (Å²) in [7, 11) is 0. The van der Waals surface area contributed by atoms with Gasteiger partial charge in [-0.1, -0.05) is 24.3 Å². The van der Waals surface area contributed by atoms with Crippen LogP contribution in [-0.4, -0.2) is 11.9 Å². The number of carbonyl (C=O) groups is 2. The van der Waals surface area contributed by atoms with Crippen LogP contribution >= 0.6 is 45.2 Å². The first-order valence-electron chi connectivity index (χ1n) is 7.33. The highest BCUT2D eigenvalue weighted by molar-refractivity contribution is 14.1. The average molecular weight is 550 g/mol. The number of esters is 2. The fourth-order valence-electron chi connectivity index (χ4n) is 1.93. The molecule has 0 bridgehead atoms. The van der Waals surface area contributed by atoms with Crippen molar-refractivity contribution < 1.29 is 19.1 Å². The molecule has 0 amide bonds. The zero-order valence-electron chi connectivity index (χ0n) is 12.8. The Labute approximate surface area is 168 Å². The number of carbonyl (C=O) groups excluding carboxylic acids is 2. The Morgan fingerprint density at radius 2 is 1.17 bits per heavy atom. The number of hydrogen-bond donors (Lipinski definition) is 0. The third-order valence-electron chi connectivity index (χ3n) is 3.11. The monoisotopic (exact) mass is 550 g/mol. The summed E-state index contributed by atoms with van der Waals surface area (Å²) in [5.74, 6) is -0.805. The van der Waals surface area contributed by atoms with Gasteiger partial charge >= 0.3 is 11.9 Å². The maximum Gasteiger partial charge on any atom is 0.306 e. The molecule has 0 aromatic heterocycles. The summed E-state index contributed by atoms with van der Waals surface area (Å²) in [5, 5.41) is 0. The predicted octanol–water partition coefficient (Wildman–Crippen LogP) is 4.46. The van der Waals surface area contributed by atoms with Gasteiger partial charge in [0, 0.05) is 7.14 Å². The van der Waals surface area contributed by atoms with Gasteiger partial charge in [0.05, 0.1) is 12.8 Å². The second-order valence-corrected chi connectivity index (χ2v) is 7.57. The molecule has 0 spiro atoms. The molecular formula is C18H16I2O4. The topological polar surface area (TPSA) is 52.6 Å². The Bertz CT molecular complexity index is 654. The minimum absolute atomic E-state index is 0.0229. The van der Waals surface area contributed by atoms with E-state index in [1.165, 1.54) is 0 Å². The lowest BCUT2D eigenvalue weighted by atomic mass is 10.2. The number of hydrogen-bond acceptors (Lipinski definition) is 4. The van der Waals surface area contributed by atoms with Crippen molar-refractivity contribution in [2.45, 2.75) is 26.1 Å². The Morgan fingerprint density at radius 1 is 0.750 bits per heavy atom. The van der Waals surface area contributed by atoms with Crippen LogP contribution in [0.15, 0.2) is 48.5 Å². The van der Waals surface area contributed by atoms with E-state index in [-0.39, 0.29) is 26.1 Å². The second kappa shape index (κ2) is 9.97. The summed E-state index contributed by atoms with van der Waals surface area (Å²) < 4.78 is 12.5. The van der Waals surface area contributed by atoms with Crippen molar-refractivity contribution >= 4 is 57.1 Å². The number of rotatable bonds is 7. The van der Waals surface area contributed by atoms with Crippen LogP contribution in [0.2, 0.25) is 0 Å². The smallest absolute Gasteiger partial charge is 0.306 e. The molecule has 0 unspecified atom stereocenters. The lowest BCUT2D eigenvalue weighted by Crippen LogP contribution is -2.10. The molecule has 0 saturated heterocycles. The molecule has 6 heteroatoms. The van der Waals surface area contributed by atoms with Gasteiger partial charge in [-0.2, -0.15) is 0 Å². The Hall–Kier alpha value is -1.16. The highest BCUT2D eigenvalue weighted by atomic mass is 127. The first-order valence-corrected chi connectivity index (χ1v) is 9.49. The van der Waals surface area contributed by atoms with Crippen LogP contribution in [0.5, 0.6) is 0 Å². The minimum atomic E-state index is -0.403. The van der Waals surface area contributed by atoms with E-state index in [4.69, 9.17) is 9.47 Å². The molecule has 0 radical (unpaired) electrons. The standard InChI is InChI=1S/C18H16I2O4/c19-15-5-1-3-13(9-15)11-23-17(21)7-8-18(22)24-12-14-4-2-6-16(20)10-14/h1-6,9-10H,7-8,11-12H2. The van der Waals surface area contributed by atoms with Crippen LogP contribution < -0.4 is 0 Å². The molecular weight excluding hydrogens is 534 g/mol. The van der Waals surface area contributed by atoms with Crippen molar-refractivity contribution in [1.29, 1.82) is 0 Å². The van der Waals surface area contributed by atoms with Gasteiger partial charge in [0.1, 0.15) is 13.2 Å². The Morgan fingerprint density at radius 3 is 1.54 bits per heavy atom. The van der Waals surface area contributed by atoms with Gasteiger partial charge < -0.3 is 9.47 Å². The molecule has 0 N–H and O–H groups in total. The van der Waals surface area contributed by atoms with Crippen molar-refractivity contribution in [2.75, 3.05) is 0 Å². The molecule has 0 fully saturated rings. The van der Waals surface area contributed by atoms with E-state index in [1.807, 2.05) is 48.5 Å². The van der Waals surface area contributed by atoms with Gasteiger partial charge in [-0.15, -0.1) is 0 Å². The predicted molar refractivity (Wildman–Crippen MR) is 107 cm³/mol. The van der Waals surface area contributed by atoms with Crippen molar-refractivity contribution in [1.82, 2.24) is 0 Å². The SMILES string of the molecule is O=C(CCC(=O)OCc1cccc(I)c1)OCc1cccc(I)c1. The van der Waals surface area contributed by atoms with Gasteiger partial charge in [-0.25, -0.2) is 0 Å². The molecule has 2 aromatic carbocycles. The van der Waals surface area contributed by atoms with Gasteiger partial charge in [0.2, 0.25) is 0 Å². The van der Waals surface area contributed by atoms with E-state index < -0.39 is 11.9 Å². The van der Waals surface area contributed by atoms with Crippen molar-refractivity contribution in [3.63, 3.8) is 0 Å². The molecule has 0 atom stereocenters. The molecule has 2 aromatic rings. The van der Waals surface area contributed by atoms with Gasteiger partial charge in [0.25, 0.3) is 0 Å². The van der Waals surface area contributed by atoms with E-state index in [0.29, 0.717) is 0 Å². The van der Waals surface area contributed by atoms with E-state index in [9.17, 15) is 9.59 Å². The summed E-state index contributed by atoms with van der Waals surface area (Å²) >= 11 is 4.40. The molecule has 0 saturated carbocycles. The molecule has 4 nitrogen and oxygen atoms in total. The van der Waals surface area contributed by atoms with Crippen LogP contribution in [0.3, 0.4) is 0 Å². The summed E-state index contributed by atoms with van der Waals surface area (Å²) in [6.45, 7) is 0.431. The molecule has 0 aliphatic carbocycles.